The lowest BCUT2D eigenvalue weighted by Crippen LogP contribution is -2.14. The van der Waals surface area contributed by atoms with E-state index in [1.165, 1.54) is 76.8 Å². The molecule has 0 N–H and O–H groups in total. The molecule has 1 heteroatoms. The van der Waals surface area contributed by atoms with Crippen molar-refractivity contribution in [3.05, 3.63) is 181 Å². The molecule has 0 spiro atoms. The van der Waals surface area contributed by atoms with Gasteiger partial charge in [-0.15, -0.1) is 0 Å². The maximum Gasteiger partial charge on any atom is 0.123 e. The van der Waals surface area contributed by atoms with Crippen molar-refractivity contribution in [1.82, 2.24) is 0 Å². The molecule has 236 valence electrons. The summed E-state index contributed by atoms with van der Waals surface area (Å²) in [4.78, 5) is 0. The Morgan fingerprint density at radius 3 is 1.18 bits per heavy atom. The summed E-state index contributed by atoms with van der Waals surface area (Å²) in [6, 6.07) is 58.2. The Morgan fingerprint density at radius 1 is 0.340 bits per heavy atom. The van der Waals surface area contributed by atoms with Crippen molar-refractivity contribution in [1.29, 1.82) is 0 Å². The molecule has 0 bridgehead atoms. The zero-order valence-corrected chi connectivity index (χ0v) is 28.0. The van der Waals surface area contributed by atoms with E-state index in [0.717, 1.165) is 21.9 Å². The molecule has 0 aliphatic heterocycles. The fourth-order valence-corrected chi connectivity index (χ4v) is 8.89. The minimum absolute atomic E-state index is 0.0857. The first-order chi connectivity index (χ1) is 24.5. The van der Waals surface area contributed by atoms with Gasteiger partial charge in [-0.1, -0.05) is 159 Å². The minimum atomic E-state index is -0.228. The number of fused-ring (bicyclic) bond motifs is 7. The summed E-state index contributed by atoms with van der Waals surface area (Å²) >= 11 is 0. The smallest absolute Gasteiger partial charge is 0.123 e. The summed E-state index contributed by atoms with van der Waals surface area (Å²) < 4.78 is 14.1. The van der Waals surface area contributed by atoms with E-state index in [-0.39, 0.29) is 11.2 Å². The molecule has 10 rings (SSSR count). The van der Waals surface area contributed by atoms with Crippen molar-refractivity contribution < 1.29 is 4.39 Å². The summed E-state index contributed by atoms with van der Waals surface area (Å²) in [5, 5.41) is 9.63. The van der Waals surface area contributed by atoms with Gasteiger partial charge in [0.1, 0.15) is 5.82 Å². The van der Waals surface area contributed by atoms with Crippen LogP contribution in [0.15, 0.2) is 164 Å². The van der Waals surface area contributed by atoms with E-state index < -0.39 is 0 Å². The zero-order valence-electron chi connectivity index (χ0n) is 28.0. The monoisotopic (exact) mass is 640 g/mol. The molecule has 50 heavy (non-hydrogen) atoms. The fourth-order valence-electron chi connectivity index (χ4n) is 8.89. The summed E-state index contributed by atoms with van der Waals surface area (Å²) in [6.45, 7) is 4.71. The highest BCUT2D eigenvalue weighted by atomic mass is 19.1. The van der Waals surface area contributed by atoms with Crippen LogP contribution >= 0.6 is 0 Å². The average molecular weight is 641 g/mol. The van der Waals surface area contributed by atoms with Gasteiger partial charge >= 0.3 is 0 Å². The summed E-state index contributed by atoms with van der Waals surface area (Å²) in [5.74, 6) is -0.228. The van der Waals surface area contributed by atoms with Gasteiger partial charge in [0.25, 0.3) is 0 Å². The first-order valence-corrected chi connectivity index (χ1v) is 17.4. The quantitative estimate of drug-likeness (QED) is 0.169. The highest BCUT2D eigenvalue weighted by molar-refractivity contribution is 6.30. The van der Waals surface area contributed by atoms with Crippen LogP contribution in [0.2, 0.25) is 0 Å². The molecule has 0 saturated carbocycles. The molecule has 0 aromatic heterocycles. The second-order valence-electron chi connectivity index (χ2n) is 14.1. The molecular weight excluding hydrogens is 608 g/mol. The van der Waals surface area contributed by atoms with Gasteiger partial charge in [0.05, 0.1) is 0 Å². The topological polar surface area (TPSA) is 0 Å². The van der Waals surface area contributed by atoms with E-state index in [1.807, 2.05) is 12.1 Å². The normalized spacial score (nSPS) is 13.3. The van der Waals surface area contributed by atoms with Crippen LogP contribution in [0.3, 0.4) is 0 Å². The second-order valence-corrected chi connectivity index (χ2v) is 14.1. The minimum Gasteiger partial charge on any atom is -0.207 e. The average Bonchev–Trinajstić information content (AvgIpc) is 3.39. The van der Waals surface area contributed by atoms with Crippen molar-refractivity contribution in [2.75, 3.05) is 0 Å². The highest BCUT2D eigenvalue weighted by Gasteiger charge is 2.35. The van der Waals surface area contributed by atoms with Gasteiger partial charge in [0.15, 0.2) is 0 Å². The number of hydrogen-bond acceptors (Lipinski definition) is 0. The van der Waals surface area contributed by atoms with Crippen LogP contribution < -0.4 is 0 Å². The van der Waals surface area contributed by atoms with Gasteiger partial charge in [0, 0.05) is 5.41 Å². The Kier molecular flexibility index (Phi) is 6.20. The first-order valence-electron chi connectivity index (χ1n) is 17.4. The van der Waals surface area contributed by atoms with E-state index in [4.69, 9.17) is 0 Å². The van der Waals surface area contributed by atoms with E-state index in [1.54, 1.807) is 12.1 Å². The van der Waals surface area contributed by atoms with Crippen molar-refractivity contribution in [2.45, 2.75) is 19.3 Å². The predicted molar refractivity (Wildman–Crippen MR) is 210 cm³/mol. The largest absolute Gasteiger partial charge is 0.207 e. The maximum absolute atomic E-state index is 14.1. The van der Waals surface area contributed by atoms with Gasteiger partial charge in [-0.2, -0.15) is 0 Å². The molecule has 9 aromatic rings. The van der Waals surface area contributed by atoms with Crippen molar-refractivity contribution in [2.24, 2.45) is 0 Å². The van der Waals surface area contributed by atoms with Crippen LogP contribution in [-0.4, -0.2) is 0 Å². The Balaban J connectivity index is 1.32. The van der Waals surface area contributed by atoms with Crippen LogP contribution in [0.4, 0.5) is 4.39 Å². The standard InChI is InChI=1S/C49H33F/c1-49(2)43-22-12-11-13-33(43)34-28-25-31(29-44(34)49)46-37-16-5-9-20-41(37)48(42-21-10-6-17-38(42)46)47-39-18-7-3-14-35(39)45(30-23-26-32(50)27-24-30)36-15-4-8-19-40(36)47/h3-29H,1-2H3. The first kappa shape index (κ1) is 28.9. The van der Waals surface area contributed by atoms with Crippen LogP contribution in [0.5, 0.6) is 0 Å². The molecule has 0 nitrogen and oxygen atoms in total. The molecular formula is C49H33F. The highest BCUT2D eigenvalue weighted by Crippen LogP contribution is 2.53. The molecule has 0 amide bonds. The van der Waals surface area contributed by atoms with E-state index in [2.05, 4.69) is 153 Å². The molecule has 1 aliphatic rings. The number of rotatable bonds is 3. The third-order valence-corrected chi connectivity index (χ3v) is 11.1. The lowest BCUT2D eigenvalue weighted by Gasteiger charge is -2.24. The van der Waals surface area contributed by atoms with Gasteiger partial charge in [0.2, 0.25) is 0 Å². The number of hydrogen-bond donors (Lipinski definition) is 0. The third-order valence-electron chi connectivity index (χ3n) is 11.1. The van der Waals surface area contributed by atoms with Crippen molar-refractivity contribution in [3.63, 3.8) is 0 Å². The molecule has 0 heterocycles. The Labute approximate surface area is 291 Å². The fraction of sp³-hybridized carbons (Fsp3) is 0.0612. The Bertz CT molecular complexity index is 2720. The van der Waals surface area contributed by atoms with Crippen molar-refractivity contribution >= 4 is 43.1 Å². The third kappa shape index (κ3) is 4.04. The second kappa shape index (κ2) is 10.7. The number of benzene rings is 9. The summed E-state index contributed by atoms with van der Waals surface area (Å²) in [6.07, 6.45) is 0. The van der Waals surface area contributed by atoms with Crippen LogP contribution in [0, 0.1) is 5.82 Å². The molecule has 0 atom stereocenters. The Hall–Kier alpha value is -6.05. The predicted octanol–water partition coefficient (Wildman–Crippen LogP) is 13.7. The van der Waals surface area contributed by atoms with Gasteiger partial charge in [-0.3, -0.25) is 0 Å². The SMILES string of the molecule is CC1(C)c2ccccc2-c2ccc(-c3c4ccccc4c(-c4c5ccccc5c(-c5ccc(F)cc5)c5ccccc45)c4ccccc34)cc21. The molecule has 0 unspecified atom stereocenters. The van der Waals surface area contributed by atoms with Crippen LogP contribution in [0.1, 0.15) is 25.0 Å². The lowest BCUT2D eigenvalue weighted by molar-refractivity contribution is 0.628. The van der Waals surface area contributed by atoms with Gasteiger partial charge in [-0.25, -0.2) is 4.39 Å². The summed E-state index contributed by atoms with van der Waals surface area (Å²) in [7, 11) is 0. The van der Waals surface area contributed by atoms with Crippen molar-refractivity contribution in [3.8, 4) is 44.5 Å². The van der Waals surface area contributed by atoms with E-state index >= 15 is 0 Å². The maximum atomic E-state index is 14.1. The number of halogens is 1. The van der Waals surface area contributed by atoms with Gasteiger partial charge in [-0.05, 0) is 117 Å². The zero-order chi connectivity index (χ0) is 33.6. The Morgan fingerprint density at radius 2 is 0.700 bits per heavy atom. The lowest BCUT2D eigenvalue weighted by atomic mass is 9.79. The molecule has 9 aromatic carbocycles. The van der Waals surface area contributed by atoms with E-state index in [0.29, 0.717) is 0 Å². The molecule has 1 aliphatic carbocycles. The molecule has 0 fully saturated rings. The van der Waals surface area contributed by atoms with E-state index in [9.17, 15) is 4.39 Å². The summed E-state index contributed by atoms with van der Waals surface area (Å²) in [5.41, 5.74) is 12.5. The van der Waals surface area contributed by atoms with Crippen LogP contribution in [-0.2, 0) is 5.41 Å². The van der Waals surface area contributed by atoms with Gasteiger partial charge < -0.3 is 0 Å². The molecule has 0 saturated heterocycles. The molecule has 0 radical (unpaired) electrons. The van der Waals surface area contributed by atoms with Crippen LogP contribution in [0.25, 0.3) is 87.6 Å².